The Kier molecular flexibility index (Phi) is 5.87. The van der Waals surface area contributed by atoms with Crippen LogP contribution in [0, 0.1) is 11.8 Å². The standard InChI is InChI=1S/C15H31NO2S/c1-6-11-16-14(15(3,4)19(5,17)18)13-9-7-12(2)8-10-13/h12-14,16H,6-11H2,1-5H3. The molecule has 3 nitrogen and oxygen atoms in total. The van der Waals surface area contributed by atoms with E-state index in [1.54, 1.807) is 0 Å². The Labute approximate surface area is 119 Å². The van der Waals surface area contributed by atoms with E-state index in [0.29, 0.717) is 5.92 Å². The molecule has 0 saturated heterocycles. The molecule has 0 aromatic heterocycles. The van der Waals surface area contributed by atoms with Gasteiger partial charge in [-0.05, 0) is 51.5 Å². The minimum absolute atomic E-state index is 0.0787. The highest BCUT2D eigenvalue weighted by Gasteiger charge is 2.43. The summed E-state index contributed by atoms with van der Waals surface area (Å²) in [7, 11) is -3.06. The van der Waals surface area contributed by atoms with Crippen LogP contribution in [0.3, 0.4) is 0 Å². The average molecular weight is 289 g/mol. The Morgan fingerprint density at radius 3 is 2.16 bits per heavy atom. The van der Waals surface area contributed by atoms with Crippen molar-refractivity contribution >= 4 is 9.84 Å². The smallest absolute Gasteiger partial charge is 0.154 e. The molecule has 1 saturated carbocycles. The summed E-state index contributed by atoms with van der Waals surface area (Å²) in [6, 6.07) is 0.0787. The summed E-state index contributed by atoms with van der Waals surface area (Å²) in [5.41, 5.74) is 0. The normalized spacial score (nSPS) is 27.2. The predicted molar refractivity (Wildman–Crippen MR) is 82.1 cm³/mol. The maximum Gasteiger partial charge on any atom is 0.154 e. The van der Waals surface area contributed by atoms with E-state index in [2.05, 4.69) is 19.2 Å². The molecule has 1 aliphatic rings. The van der Waals surface area contributed by atoms with Crippen LogP contribution in [-0.4, -0.2) is 32.0 Å². The Morgan fingerprint density at radius 2 is 1.74 bits per heavy atom. The topological polar surface area (TPSA) is 46.2 Å². The van der Waals surface area contributed by atoms with Gasteiger partial charge < -0.3 is 5.32 Å². The van der Waals surface area contributed by atoms with Gasteiger partial charge in [-0.25, -0.2) is 8.42 Å². The van der Waals surface area contributed by atoms with E-state index >= 15 is 0 Å². The van der Waals surface area contributed by atoms with Gasteiger partial charge in [0, 0.05) is 12.3 Å². The second kappa shape index (κ2) is 6.57. The van der Waals surface area contributed by atoms with Gasteiger partial charge in [0.25, 0.3) is 0 Å². The Bertz CT molecular complexity index is 368. The molecular formula is C15H31NO2S. The first-order chi connectivity index (χ1) is 8.70. The molecule has 0 aromatic rings. The van der Waals surface area contributed by atoms with Gasteiger partial charge in [0.1, 0.15) is 0 Å². The van der Waals surface area contributed by atoms with Gasteiger partial charge in [-0.15, -0.1) is 0 Å². The molecule has 0 bridgehead atoms. The third-order valence-electron chi connectivity index (χ3n) is 4.85. The van der Waals surface area contributed by atoms with E-state index in [1.165, 1.54) is 19.1 Å². The fourth-order valence-corrected chi connectivity index (χ4v) is 3.87. The number of rotatable bonds is 6. The van der Waals surface area contributed by atoms with Crippen molar-refractivity contribution in [1.82, 2.24) is 5.32 Å². The van der Waals surface area contributed by atoms with Crippen molar-refractivity contribution in [2.24, 2.45) is 11.8 Å². The predicted octanol–water partition coefficient (Wildman–Crippen LogP) is 3.00. The summed E-state index contributed by atoms with van der Waals surface area (Å²) in [5, 5.41) is 3.52. The number of hydrogen-bond donors (Lipinski definition) is 1. The molecule has 1 aliphatic carbocycles. The quantitative estimate of drug-likeness (QED) is 0.817. The highest BCUT2D eigenvalue weighted by atomic mass is 32.2. The Hall–Kier alpha value is -0.0900. The molecule has 0 heterocycles. The fourth-order valence-electron chi connectivity index (χ4n) is 3.13. The zero-order valence-corrected chi connectivity index (χ0v) is 14.0. The SMILES string of the molecule is CCCNC(C1CCC(C)CC1)C(C)(C)S(C)(=O)=O. The summed E-state index contributed by atoms with van der Waals surface area (Å²) in [4.78, 5) is 0. The van der Waals surface area contributed by atoms with E-state index < -0.39 is 14.6 Å². The lowest BCUT2D eigenvalue weighted by Gasteiger charge is -2.41. The summed E-state index contributed by atoms with van der Waals surface area (Å²) in [5.74, 6) is 1.29. The highest BCUT2D eigenvalue weighted by molar-refractivity contribution is 7.92. The zero-order chi connectivity index (χ0) is 14.7. The molecule has 114 valence electrons. The lowest BCUT2D eigenvalue weighted by Crippen LogP contribution is -2.56. The average Bonchev–Trinajstić information content (AvgIpc) is 2.30. The molecule has 19 heavy (non-hydrogen) atoms. The molecule has 1 rings (SSSR count). The molecule has 0 radical (unpaired) electrons. The van der Waals surface area contributed by atoms with Crippen molar-refractivity contribution in [1.29, 1.82) is 0 Å². The van der Waals surface area contributed by atoms with Crippen molar-refractivity contribution in [3.8, 4) is 0 Å². The largest absolute Gasteiger partial charge is 0.312 e. The third-order valence-corrected chi connectivity index (χ3v) is 7.02. The minimum atomic E-state index is -3.06. The molecule has 1 N–H and O–H groups in total. The Balaban J connectivity index is 2.88. The second-order valence-electron chi connectivity index (χ2n) is 6.83. The number of nitrogens with one attached hydrogen (secondary N) is 1. The van der Waals surface area contributed by atoms with E-state index in [-0.39, 0.29) is 6.04 Å². The van der Waals surface area contributed by atoms with Crippen molar-refractivity contribution in [2.75, 3.05) is 12.8 Å². The maximum absolute atomic E-state index is 12.1. The van der Waals surface area contributed by atoms with Crippen LogP contribution < -0.4 is 5.32 Å². The van der Waals surface area contributed by atoms with Crippen LogP contribution in [0.1, 0.15) is 59.8 Å². The minimum Gasteiger partial charge on any atom is -0.312 e. The lowest BCUT2D eigenvalue weighted by molar-refractivity contribution is 0.204. The van der Waals surface area contributed by atoms with E-state index in [0.717, 1.165) is 31.7 Å². The van der Waals surface area contributed by atoms with Crippen molar-refractivity contribution in [3.05, 3.63) is 0 Å². The van der Waals surface area contributed by atoms with Gasteiger partial charge in [-0.1, -0.05) is 26.7 Å². The molecule has 0 aliphatic heterocycles. The first-order valence-corrected chi connectivity index (χ1v) is 9.52. The van der Waals surface area contributed by atoms with Crippen LogP contribution >= 0.6 is 0 Å². The van der Waals surface area contributed by atoms with Crippen LogP contribution in [0.2, 0.25) is 0 Å². The highest BCUT2D eigenvalue weighted by Crippen LogP contribution is 2.36. The molecule has 4 heteroatoms. The molecular weight excluding hydrogens is 258 g/mol. The summed E-state index contributed by atoms with van der Waals surface area (Å²) >= 11 is 0. The third kappa shape index (κ3) is 4.19. The van der Waals surface area contributed by atoms with Crippen LogP contribution in [0.15, 0.2) is 0 Å². The van der Waals surface area contributed by atoms with Crippen LogP contribution in [0.4, 0.5) is 0 Å². The first-order valence-electron chi connectivity index (χ1n) is 7.63. The van der Waals surface area contributed by atoms with Crippen LogP contribution in [-0.2, 0) is 9.84 Å². The molecule has 1 atom stereocenters. The fraction of sp³-hybridized carbons (Fsp3) is 1.00. The van der Waals surface area contributed by atoms with Gasteiger partial charge in [0.15, 0.2) is 9.84 Å². The van der Waals surface area contributed by atoms with Gasteiger partial charge in [0.05, 0.1) is 4.75 Å². The van der Waals surface area contributed by atoms with Crippen molar-refractivity contribution in [2.45, 2.75) is 70.6 Å². The lowest BCUT2D eigenvalue weighted by atomic mass is 9.76. The van der Waals surface area contributed by atoms with E-state index in [1.807, 2.05) is 13.8 Å². The maximum atomic E-state index is 12.1. The molecule has 1 fully saturated rings. The monoisotopic (exact) mass is 289 g/mol. The molecule has 1 unspecified atom stereocenters. The zero-order valence-electron chi connectivity index (χ0n) is 13.2. The van der Waals surface area contributed by atoms with Crippen LogP contribution in [0.5, 0.6) is 0 Å². The molecule has 0 spiro atoms. The van der Waals surface area contributed by atoms with Gasteiger partial charge in [0.2, 0.25) is 0 Å². The first kappa shape index (κ1) is 17.0. The van der Waals surface area contributed by atoms with Gasteiger partial charge in [-0.3, -0.25) is 0 Å². The molecule has 0 amide bonds. The van der Waals surface area contributed by atoms with E-state index in [9.17, 15) is 8.42 Å². The summed E-state index contributed by atoms with van der Waals surface area (Å²) < 4.78 is 23.6. The van der Waals surface area contributed by atoms with Gasteiger partial charge in [-0.2, -0.15) is 0 Å². The van der Waals surface area contributed by atoms with Crippen LogP contribution in [0.25, 0.3) is 0 Å². The van der Waals surface area contributed by atoms with Crippen molar-refractivity contribution < 1.29 is 8.42 Å². The summed E-state index contributed by atoms with van der Waals surface area (Å²) in [6.07, 6.45) is 7.19. The van der Waals surface area contributed by atoms with E-state index in [4.69, 9.17) is 0 Å². The number of hydrogen-bond acceptors (Lipinski definition) is 3. The number of sulfone groups is 1. The van der Waals surface area contributed by atoms with Crippen molar-refractivity contribution in [3.63, 3.8) is 0 Å². The van der Waals surface area contributed by atoms with Gasteiger partial charge >= 0.3 is 0 Å². The second-order valence-corrected chi connectivity index (χ2v) is 9.42. The summed E-state index contributed by atoms with van der Waals surface area (Å²) in [6.45, 7) is 9.09. The Morgan fingerprint density at radius 1 is 1.21 bits per heavy atom. The molecule has 0 aromatic carbocycles.